The highest BCUT2D eigenvalue weighted by Gasteiger charge is 2.38. The lowest BCUT2D eigenvalue weighted by molar-refractivity contribution is -0.192. The van der Waals surface area contributed by atoms with Crippen molar-refractivity contribution in [2.24, 2.45) is 5.92 Å². The van der Waals surface area contributed by atoms with Gasteiger partial charge in [0.25, 0.3) is 11.5 Å². The van der Waals surface area contributed by atoms with Gasteiger partial charge in [-0.2, -0.15) is 13.2 Å². The van der Waals surface area contributed by atoms with Gasteiger partial charge in [0.1, 0.15) is 5.82 Å². The zero-order valence-electron chi connectivity index (χ0n) is 17.7. The molecule has 0 saturated heterocycles. The Morgan fingerprint density at radius 1 is 1.21 bits per heavy atom. The van der Waals surface area contributed by atoms with Crippen LogP contribution in [-0.2, 0) is 4.79 Å². The van der Waals surface area contributed by atoms with Crippen LogP contribution in [0.25, 0.3) is 16.7 Å². The maximum atomic E-state index is 13.7. The Morgan fingerprint density at radius 2 is 1.82 bits per heavy atom. The van der Waals surface area contributed by atoms with Crippen molar-refractivity contribution in [2.75, 3.05) is 0 Å². The van der Waals surface area contributed by atoms with Crippen molar-refractivity contribution in [3.63, 3.8) is 0 Å². The molecule has 13 heteroatoms. The van der Waals surface area contributed by atoms with Crippen LogP contribution in [0.4, 0.5) is 22.0 Å². The van der Waals surface area contributed by atoms with Gasteiger partial charge < -0.3 is 10.4 Å². The first-order chi connectivity index (χ1) is 15.8. The number of nitrogens with one attached hydrogen (secondary N) is 1. The van der Waals surface area contributed by atoms with Gasteiger partial charge in [-0.1, -0.05) is 13.8 Å². The number of carboxylic acid groups (broad SMARTS) is 1. The number of nitrogens with zero attached hydrogens (tertiary/aromatic N) is 3. The molecule has 0 radical (unpaired) electrons. The average molecular weight is 484 g/mol. The first-order valence-corrected chi connectivity index (χ1v) is 9.79. The van der Waals surface area contributed by atoms with Crippen LogP contribution < -0.4 is 10.9 Å². The van der Waals surface area contributed by atoms with Gasteiger partial charge in [0.05, 0.1) is 22.5 Å². The lowest BCUT2D eigenvalue weighted by atomic mass is 10.0. The summed E-state index contributed by atoms with van der Waals surface area (Å²) < 4.78 is 60.4. The SMILES string of the molecule is CC(C)CC1NC(=O)c2cccnc2-n2c1nc1cc(F)c(F)cc1c2=O.O=C(O)C(F)(F)F. The lowest BCUT2D eigenvalue weighted by Gasteiger charge is -2.20. The fourth-order valence-electron chi connectivity index (χ4n) is 3.33. The molecular formula is C21H17F5N4O4. The van der Waals surface area contributed by atoms with E-state index in [1.807, 2.05) is 13.8 Å². The molecule has 2 aromatic heterocycles. The number of carbonyl (C=O) groups is 2. The van der Waals surface area contributed by atoms with E-state index in [0.717, 1.165) is 12.1 Å². The van der Waals surface area contributed by atoms with Crippen molar-refractivity contribution in [3.8, 4) is 5.82 Å². The Hall–Kier alpha value is -3.90. The van der Waals surface area contributed by atoms with Gasteiger partial charge in [-0.3, -0.25) is 9.59 Å². The Labute approximate surface area is 188 Å². The molecule has 3 aromatic rings. The van der Waals surface area contributed by atoms with Crippen LogP contribution in [0.2, 0.25) is 0 Å². The summed E-state index contributed by atoms with van der Waals surface area (Å²) in [5.74, 6) is -4.79. The number of carbonyl (C=O) groups excluding carboxylic acids is 1. The summed E-state index contributed by atoms with van der Waals surface area (Å²) in [7, 11) is 0. The van der Waals surface area contributed by atoms with Gasteiger partial charge in [0.2, 0.25) is 0 Å². The molecule has 8 nitrogen and oxygen atoms in total. The molecule has 0 fully saturated rings. The number of hydrogen-bond donors (Lipinski definition) is 2. The summed E-state index contributed by atoms with van der Waals surface area (Å²) in [5, 5.41) is 9.92. The zero-order valence-corrected chi connectivity index (χ0v) is 17.7. The number of pyridine rings is 1. The van der Waals surface area contributed by atoms with Gasteiger partial charge in [-0.05, 0) is 30.5 Å². The molecule has 0 spiro atoms. The maximum absolute atomic E-state index is 13.7. The first-order valence-electron chi connectivity index (χ1n) is 9.79. The summed E-state index contributed by atoms with van der Waals surface area (Å²) in [5.41, 5.74) is -0.345. The van der Waals surface area contributed by atoms with Crippen molar-refractivity contribution < 1.29 is 36.6 Å². The number of amides is 1. The van der Waals surface area contributed by atoms with E-state index in [9.17, 15) is 31.5 Å². The molecule has 1 aliphatic heterocycles. The smallest absolute Gasteiger partial charge is 0.475 e. The van der Waals surface area contributed by atoms with Gasteiger partial charge in [-0.15, -0.1) is 0 Å². The van der Waals surface area contributed by atoms with Crippen LogP contribution >= 0.6 is 0 Å². The minimum absolute atomic E-state index is 0.0348. The van der Waals surface area contributed by atoms with E-state index < -0.39 is 35.4 Å². The summed E-state index contributed by atoms with van der Waals surface area (Å²) >= 11 is 0. The largest absolute Gasteiger partial charge is 0.490 e. The lowest BCUT2D eigenvalue weighted by Crippen LogP contribution is -2.31. The standard InChI is InChI=1S/C19H16F2N4O2.C2HF3O2/c1-9(2)6-15-17-23-14-8-13(21)12(20)7-11(14)19(27)25(17)16-10(18(26)24-15)4-3-5-22-16;3-2(4,5)1(6)7/h3-5,7-9,15H,6H2,1-2H3,(H,24,26);(H,6,7). The normalized spacial score (nSPS) is 15.1. The van der Waals surface area contributed by atoms with Gasteiger partial charge >= 0.3 is 12.1 Å². The molecule has 1 unspecified atom stereocenters. The molecule has 1 amide bonds. The molecule has 0 saturated carbocycles. The number of fused-ring (bicyclic) bond motifs is 4. The minimum atomic E-state index is -5.08. The molecule has 0 bridgehead atoms. The minimum Gasteiger partial charge on any atom is -0.475 e. The summed E-state index contributed by atoms with van der Waals surface area (Å²) in [6, 6.07) is 4.30. The van der Waals surface area contributed by atoms with E-state index >= 15 is 0 Å². The maximum Gasteiger partial charge on any atom is 0.490 e. The Balaban J connectivity index is 0.000000406. The van der Waals surface area contributed by atoms with Crippen molar-refractivity contribution in [3.05, 3.63) is 63.8 Å². The van der Waals surface area contributed by atoms with Crippen LogP contribution in [-0.4, -0.2) is 37.7 Å². The van der Waals surface area contributed by atoms with Crippen molar-refractivity contribution in [1.29, 1.82) is 0 Å². The van der Waals surface area contributed by atoms with E-state index in [1.165, 1.54) is 10.8 Å². The highest BCUT2D eigenvalue weighted by atomic mass is 19.4. The van der Waals surface area contributed by atoms with E-state index in [4.69, 9.17) is 9.90 Å². The molecule has 3 heterocycles. The summed E-state index contributed by atoms with van der Waals surface area (Å²) in [6.07, 6.45) is -3.11. The number of alkyl halides is 3. The predicted octanol–water partition coefficient (Wildman–Crippen LogP) is 3.52. The predicted molar refractivity (Wildman–Crippen MR) is 108 cm³/mol. The van der Waals surface area contributed by atoms with E-state index in [2.05, 4.69) is 15.3 Å². The van der Waals surface area contributed by atoms with Crippen LogP contribution in [0.3, 0.4) is 0 Å². The van der Waals surface area contributed by atoms with Crippen molar-refractivity contribution in [2.45, 2.75) is 32.5 Å². The average Bonchev–Trinajstić information content (AvgIpc) is 2.84. The molecule has 1 aliphatic rings. The van der Waals surface area contributed by atoms with Crippen LogP contribution in [0.15, 0.2) is 35.3 Å². The number of hydrogen-bond acceptors (Lipinski definition) is 5. The third kappa shape index (κ3) is 4.87. The topological polar surface area (TPSA) is 114 Å². The second-order valence-electron chi connectivity index (χ2n) is 7.73. The third-order valence-electron chi connectivity index (χ3n) is 4.75. The van der Waals surface area contributed by atoms with Crippen molar-refractivity contribution in [1.82, 2.24) is 19.9 Å². The second-order valence-corrected chi connectivity index (χ2v) is 7.73. The summed E-state index contributed by atoms with van der Waals surface area (Å²) in [6.45, 7) is 3.95. The molecule has 4 rings (SSSR count). The highest BCUT2D eigenvalue weighted by molar-refractivity contribution is 5.98. The highest BCUT2D eigenvalue weighted by Crippen LogP contribution is 2.27. The third-order valence-corrected chi connectivity index (χ3v) is 4.75. The molecule has 1 aromatic carbocycles. The number of carboxylic acids is 1. The van der Waals surface area contributed by atoms with Gasteiger partial charge in [0.15, 0.2) is 17.5 Å². The number of halogens is 5. The van der Waals surface area contributed by atoms with Crippen LogP contribution in [0.5, 0.6) is 0 Å². The Kier molecular flexibility index (Phi) is 6.66. The van der Waals surface area contributed by atoms with Gasteiger partial charge in [0, 0.05) is 12.3 Å². The molecule has 34 heavy (non-hydrogen) atoms. The number of benzene rings is 1. The summed E-state index contributed by atoms with van der Waals surface area (Å²) in [4.78, 5) is 43.3. The Bertz CT molecular complexity index is 1340. The van der Waals surface area contributed by atoms with Crippen molar-refractivity contribution >= 4 is 22.8 Å². The molecule has 1 atom stereocenters. The van der Waals surface area contributed by atoms with Gasteiger partial charge in [-0.25, -0.2) is 28.1 Å². The number of aromatic nitrogens is 3. The molecular weight excluding hydrogens is 467 g/mol. The van der Waals surface area contributed by atoms with E-state index in [0.29, 0.717) is 6.42 Å². The fraction of sp³-hybridized carbons (Fsp3) is 0.286. The molecule has 2 N–H and O–H groups in total. The fourth-order valence-corrected chi connectivity index (χ4v) is 3.33. The molecule has 180 valence electrons. The van der Waals surface area contributed by atoms with E-state index in [-0.39, 0.29) is 39.9 Å². The zero-order chi connectivity index (χ0) is 25.4. The molecule has 0 aliphatic carbocycles. The van der Waals surface area contributed by atoms with Crippen LogP contribution in [0.1, 0.15) is 42.5 Å². The second kappa shape index (κ2) is 9.15. The Morgan fingerprint density at radius 3 is 2.41 bits per heavy atom. The van der Waals surface area contributed by atoms with Crippen LogP contribution in [0, 0.1) is 17.6 Å². The first kappa shape index (κ1) is 24.7. The van der Waals surface area contributed by atoms with E-state index in [1.54, 1.807) is 12.1 Å². The number of aliphatic carboxylic acids is 1. The quantitative estimate of drug-likeness (QED) is 0.538. The monoisotopic (exact) mass is 484 g/mol. The number of rotatable bonds is 2.